The highest BCUT2D eigenvalue weighted by atomic mass is 35.5. The van der Waals surface area contributed by atoms with Gasteiger partial charge in [-0.1, -0.05) is 12.1 Å². The van der Waals surface area contributed by atoms with Gasteiger partial charge in [-0.15, -0.1) is 24.8 Å². The molecule has 2 heterocycles. The lowest BCUT2D eigenvalue weighted by Crippen LogP contribution is -2.39. The van der Waals surface area contributed by atoms with Crippen LogP contribution < -0.4 is 5.32 Å². The van der Waals surface area contributed by atoms with Gasteiger partial charge in [0.25, 0.3) is 0 Å². The molecular weight excluding hydrogens is 313 g/mol. The highest BCUT2D eigenvalue weighted by Gasteiger charge is 2.22. The van der Waals surface area contributed by atoms with Crippen LogP contribution in [0.1, 0.15) is 31.2 Å². The molecular formula is C14H27Cl2N3O2. The fraction of sp³-hybridized carbons (Fsp3) is 0.786. The maximum atomic E-state index is 10.3. The summed E-state index contributed by atoms with van der Waals surface area (Å²) in [5.74, 6) is 1.29. The minimum atomic E-state index is -0.249. The van der Waals surface area contributed by atoms with Crippen LogP contribution in [0.2, 0.25) is 0 Å². The number of aliphatic hydroxyl groups excluding tert-OH is 1. The number of nitrogens with one attached hydrogen (secondary N) is 1. The van der Waals surface area contributed by atoms with Gasteiger partial charge in [0.05, 0.1) is 18.3 Å². The van der Waals surface area contributed by atoms with E-state index in [1.165, 1.54) is 0 Å². The molecule has 124 valence electrons. The molecule has 1 aromatic heterocycles. The molecule has 1 unspecified atom stereocenters. The summed E-state index contributed by atoms with van der Waals surface area (Å²) in [6, 6.07) is 1.99. The second kappa shape index (κ2) is 10.4. The van der Waals surface area contributed by atoms with Crippen molar-refractivity contribution in [3.05, 3.63) is 17.5 Å². The summed E-state index contributed by atoms with van der Waals surface area (Å²) in [4.78, 5) is 2.10. The van der Waals surface area contributed by atoms with Gasteiger partial charge in [0.2, 0.25) is 0 Å². The molecule has 1 aromatic rings. The van der Waals surface area contributed by atoms with Gasteiger partial charge >= 0.3 is 0 Å². The monoisotopic (exact) mass is 339 g/mol. The van der Waals surface area contributed by atoms with E-state index in [1.807, 2.05) is 13.1 Å². The van der Waals surface area contributed by atoms with Gasteiger partial charge in [-0.2, -0.15) is 0 Å². The van der Waals surface area contributed by atoms with Crippen LogP contribution in [0, 0.1) is 5.92 Å². The number of rotatable bonds is 6. The first kappa shape index (κ1) is 20.7. The molecule has 21 heavy (non-hydrogen) atoms. The van der Waals surface area contributed by atoms with Crippen LogP contribution in [0.25, 0.3) is 0 Å². The molecule has 0 spiro atoms. The Labute approximate surface area is 139 Å². The topological polar surface area (TPSA) is 61.5 Å². The van der Waals surface area contributed by atoms with Gasteiger partial charge in [0.15, 0.2) is 5.76 Å². The number of aromatic nitrogens is 1. The lowest BCUT2D eigenvalue weighted by atomic mass is 9.92. The molecule has 1 saturated heterocycles. The lowest BCUT2D eigenvalue weighted by Gasteiger charge is -2.29. The first-order chi connectivity index (χ1) is 9.19. The van der Waals surface area contributed by atoms with Gasteiger partial charge in [-0.05, 0) is 45.3 Å². The van der Waals surface area contributed by atoms with Gasteiger partial charge in [-0.25, -0.2) is 0 Å². The van der Waals surface area contributed by atoms with E-state index in [0.29, 0.717) is 19.0 Å². The number of aliphatic hydroxyl groups is 1. The van der Waals surface area contributed by atoms with Crippen LogP contribution >= 0.6 is 24.8 Å². The Bertz CT molecular complexity index is 384. The second-order valence-corrected chi connectivity index (χ2v) is 5.49. The second-order valence-electron chi connectivity index (χ2n) is 5.49. The van der Waals surface area contributed by atoms with Crippen molar-refractivity contribution in [2.24, 2.45) is 5.92 Å². The first-order valence-corrected chi connectivity index (χ1v) is 7.20. The number of piperidine rings is 1. The Balaban J connectivity index is 0.00000200. The number of hydrogen-bond acceptors (Lipinski definition) is 5. The fourth-order valence-electron chi connectivity index (χ4n) is 2.62. The maximum Gasteiger partial charge on any atom is 0.150 e. The van der Waals surface area contributed by atoms with Crippen LogP contribution in [0.5, 0.6) is 0 Å². The third-order valence-corrected chi connectivity index (χ3v) is 3.82. The smallest absolute Gasteiger partial charge is 0.150 e. The molecule has 5 nitrogen and oxygen atoms in total. The average molecular weight is 340 g/mol. The summed E-state index contributed by atoms with van der Waals surface area (Å²) in [6.45, 7) is 5.49. The summed E-state index contributed by atoms with van der Waals surface area (Å²) >= 11 is 0. The number of hydrogen-bond donors (Lipinski definition) is 2. The van der Waals surface area contributed by atoms with E-state index in [4.69, 9.17) is 4.52 Å². The number of halogens is 2. The van der Waals surface area contributed by atoms with Gasteiger partial charge in [0, 0.05) is 12.6 Å². The highest BCUT2D eigenvalue weighted by Crippen LogP contribution is 2.17. The van der Waals surface area contributed by atoms with Crippen molar-refractivity contribution >= 4 is 24.8 Å². The first-order valence-electron chi connectivity index (χ1n) is 7.20. The van der Waals surface area contributed by atoms with Gasteiger partial charge in [-0.3, -0.25) is 4.90 Å². The summed E-state index contributed by atoms with van der Waals surface area (Å²) < 4.78 is 5.27. The lowest BCUT2D eigenvalue weighted by molar-refractivity contribution is 0.0540. The van der Waals surface area contributed by atoms with E-state index >= 15 is 0 Å². The molecule has 0 saturated carbocycles. The standard InChI is InChI=1S/C14H25N3O2.2ClH/c1-3-12-8-13(19-16-12)9-17(2)10-14(18)11-4-6-15-7-5-11;;/h8,11,14-15,18H,3-7,9-10H2,1-2H3;2*1H. The SMILES string of the molecule is CCc1cc(CN(C)CC(O)C2CCNCC2)on1.Cl.Cl. The van der Waals surface area contributed by atoms with E-state index < -0.39 is 0 Å². The number of aryl methyl sites for hydroxylation is 1. The van der Waals surface area contributed by atoms with E-state index in [9.17, 15) is 5.11 Å². The minimum Gasteiger partial charge on any atom is -0.392 e. The number of likely N-dealkylation sites (N-methyl/N-ethyl adjacent to an activating group) is 1. The molecule has 1 fully saturated rings. The average Bonchev–Trinajstić information content (AvgIpc) is 2.87. The van der Waals surface area contributed by atoms with Crippen LogP contribution in [-0.4, -0.2) is 47.9 Å². The zero-order chi connectivity index (χ0) is 13.7. The van der Waals surface area contributed by atoms with Crippen molar-refractivity contribution in [2.45, 2.75) is 38.8 Å². The molecule has 1 aliphatic rings. The Morgan fingerprint density at radius 1 is 1.43 bits per heavy atom. The third kappa shape index (κ3) is 6.53. The van der Waals surface area contributed by atoms with Crippen molar-refractivity contribution < 1.29 is 9.63 Å². The normalized spacial score (nSPS) is 17.1. The Hall–Kier alpha value is -0.330. The van der Waals surface area contributed by atoms with Crippen molar-refractivity contribution in [1.82, 2.24) is 15.4 Å². The van der Waals surface area contributed by atoms with Crippen LogP contribution in [0.4, 0.5) is 0 Å². The third-order valence-electron chi connectivity index (χ3n) is 3.82. The quantitative estimate of drug-likeness (QED) is 0.828. The Kier molecular flexibility index (Phi) is 10.2. The molecule has 0 aliphatic carbocycles. The van der Waals surface area contributed by atoms with Gasteiger partial charge in [0.1, 0.15) is 0 Å². The minimum absolute atomic E-state index is 0. The number of nitrogens with zero attached hydrogens (tertiary/aromatic N) is 2. The molecule has 2 N–H and O–H groups in total. The zero-order valence-electron chi connectivity index (χ0n) is 12.7. The molecule has 1 atom stereocenters. The molecule has 2 rings (SSSR count). The van der Waals surface area contributed by atoms with E-state index in [2.05, 4.69) is 22.3 Å². The Morgan fingerprint density at radius 3 is 2.67 bits per heavy atom. The molecule has 0 amide bonds. The van der Waals surface area contributed by atoms with Crippen LogP contribution in [-0.2, 0) is 13.0 Å². The fourth-order valence-corrected chi connectivity index (χ4v) is 2.62. The van der Waals surface area contributed by atoms with Crippen molar-refractivity contribution in [3.8, 4) is 0 Å². The van der Waals surface area contributed by atoms with E-state index in [1.54, 1.807) is 0 Å². The summed E-state index contributed by atoms with van der Waals surface area (Å²) in [5.41, 5.74) is 0.988. The molecule has 0 aromatic carbocycles. The molecule has 1 aliphatic heterocycles. The largest absolute Gasteiger partial charge is 0.392 e. The van der Waals surface area contributed by atoms with Crippen molar-refractivity contribution in [1.29, 1.82) is 0 Å². The summed E-state index contributed by atoms with van der Waals surface area (Å²) in [7, 11) is 2.01. The van der Waals surface area contributed by atoms with Gasteiger partial charge < -0.3 is 14.9 Å². The van der Waals surface area contributed by atoms with E-state index in [0.717, 1.165) is 43.8 Å². The zero-order valence-corrected chi connectivity index (χ0v) is 14.4. The molecule has 0 radical (unpaired) electrons. The van der Waals surface area contributed by atoms with Crippen molar-refractivity contribution in [2.75, 3.05) is 26.7 Å². The maximum absolute atomic E-state index is 10.3. The van der Waals surface area contributed by atoms with Crippen LogP contribution in [0.15, 0.2) is 10.6 Å². The predicted octanol–water partition coefficient (Wildman–Crippen LogP) is 1.87. The predicted molar refractivity (Wildman–Crippen MR) is 88.3 cm³/mol. The Morgan fingerprint density at radius 2 is 2.10 bits per heavy atom. The molecule has 7 heteroatoms. The van der Waals surface area contributed by atoms with E-state index in [-0.39, 0.29) is 30.9 Å². The van der Waals surface area contributed by atoms with Crippen molar-refractivity contribution in [3.63, 3.8) is 0 Å². The highest BCUT2D eigenvalue weighted by molar-refractivity contribution is 5.85. The molecule has 0 bridgehead atoms. The van der Waals surface area contributed by atoms with Crippen LogP contribution in [0.3, 0.4) is 0 Å². The summed E-state index contributed by atoms with van der Waals surface area (Å²) in [5, 5.41) is 17.6. The summed E-state index contributed by atoms with van der Waals surface area (Å²) in [6.07, 6.45) is 2.78.